The van der Waals surface area contributed by atoms with E-state index in [9.17, 15) is 9.59 Å². The Morgan fingerprint density at radius 2 is 2.12 bits per heavy atom. The van der Waals surface area contributed by atoms with Crippen molar-refractivity contribution in [1.29, 1.82) is 0 Å². The number of nitrogens with zero attached hydrogens (tertiary/aromatic N) is 3. The third kappa shape index (κ3) is 4.14. The van der Waals surface area contributed by atoms with Crippen LogP contribution in [-0.2, 0) is 6.54 Å². The number of piperidine rings is 1. The van der Waals surface area contributed by atoms with Crippen molar-refractivity contribution < 1.29 is 19.2 Å². The van der Waals surface area contributed by atoms with E-state index in [0.29, 0.717) is 31.3 Å². The maximum atomic E-state index is 12.4. The summed E-state index contributed by atoms with van der Waals surface area (Å²) in [6.45, 7) is 3.36. The Kier molecular flexibility index (Phi) is 4.97. The predicted molar refractivity (Wildman–Crippen MR) is 88.2 cm³/mol. The van der Waals surface area contributed by atoms with Gasteiger partial charge in [-0.1, -0.05) is 17.3 Å². The van der Waals surface area contributed by atoms with Crippen LogP contribution in [0.3, 0.4) is 0 Å². The minimum atomic E-state index is -0.966. The molecule has 0 saturated carbocycles. The summed E-state index contributed by atoms with van der Waals surface area (Å²) in [5, 5.41) is 15.6. The number of hydrogen-bond donors (Lipinski definition) is 2. The second-order valence-electron chi connectivity index (χ2n) is 6.13. The Balaban J connectivity index is 1.54. The van der Waals surface area contributed by atoms with Crippen LogP contribution < -0.4 is 5.32 Å². The van der Waals surface area contributed by atoms with Crippen molar-refractivity contribution in [3.05, 3.63) is 47.1 Å². The summed E-state index contributed by atoms with van der Waals surface area (Å²) in [7, 11) is 0. The highest BCUT2D eigenvalue weighted by Crippen LogP contribution is 2.25. The fourth-order valence-electron chi connectivity index (χ4n) is 2.90. The molecule has 2 N–H and O–H groups in total. The monoisotopic (exact) mass is 344 g/mol. The van der Waals surface area contributed by atoms with Crippen molar-refractivity contribution in [3.8, 4) is 0 Å². The van der Waals surface area contributed by atoms with Crippen molar-refractivity contribution in [3.63, 3.8) is 0 Å². The first-order valence-electron chi connectivity index (χ1n) is 8.18. The molecule has 0 aliphatic carbocycles. The number of nitrogens with one attached hydrogen (secondary N) is 1. The van der Waals surface area contributed by atoms with Crippen LogP contribution in [0.2, 0.25) is 0 Å². The van der Waals surface area contributed by atoms with Gasteiger partial charge in [0, 0.05) is 19.6 Å². The van der Waals surface area contributed by atoms with Gasteiger partial charge in [0.15, 0.2) is 5.82 Å². The molecule has 1 saturated heterocycles. The molecule has 2 heterocycles. The van der Waals surface area contributed by atoms with Gasteiger partial charge in [0.2, 0.25) is 5.89 Å². The van der Waals surface area contributed by atoms with Crippen LogP contribution >= 0.6 is 0 Å². The van der Waals surface area contributed by atoms with Gasteiger partial charge in [-0.3, -0.25) is 0 Å². The smallest absolute Gasteiger partial charge is 0.335 e. The van der Waals surface area contributed by atoms with Gasteiger partial charge in [-0.15, -0.1) is 0 Å². The van der Waals surface area contributed by atoms with Gasteiger partial charge in [0.25, 0.3) is 0 Å². The van der Waals surface area contributed by atoms with Crippen LogP contribution in [0.5, 0.6) is 0 Å². The van der Waals surface area contributed by atoms with Gasteiger partial charge in [0.05, 0.1) is 11.5 Å². The van der Waals surface area contributed by atoms with E-state index in [-0.39, 0.29) is 17.5 Å². The summed E-state index contributed by atoms with van der Waals surface area (Å²) in [5.74, 6) is 0.280. The van der Waals surface area contributed by atoms with E-state index < -0.39 is 5.97 Å². The lowest BCUT2D eigenvalue weighted by Crippen LogP contribution is -2.44. The number of carboxylic acid groups (broad SMARTS) is 1. The molecule has 2 aromatic rings. The molecule has 1 unspecified atom stereocenters. The molecule has 1 aliphatic heterocycles. The third-order valence-electron chi connectivity index (χ3n) is 4.25. The van der Waals surface area contributed by atoms with E-state index in [2.05, 4.69) is 15.5 Å². The number of carbonyl (C=O) groups excluding carboxylic acids is 1. The Bertz CT molecular complexity index is 756. The number of carboxylic acids is 1. The summed E-state index contributed by atoms with van der Waals surface area (Å²) < 4.78 is 5.22. The lowest BCUT2D eigenvalue weighted by Gasteiger charge is -2.31. The molecular weight excluding hydrogens is 324 g/mol. The van der Waals surface area contributed by atoms with Crippen molar-refractivity contribution in [1.82, 2.24) is 20.4 Å². The SMILES string of the molecule is Cc1noc(C2CCCN(C(=O)NCc3ccc(C(=O)O)cc3)C2)n1. The first kappa shape index (κ1) is 16.9. The highest BCUT2D eigenvalue weighted by Gasteiger charge is 2.28. The van der Waals surface area contributed by atoms with Gasteiger partial charge in [-0.05, 0) is 37.5 Å². The summed E-state index contributed by atoms with van der Waals surface area (Å²) in [6, 6.07) is 6.30. The van der Waals surface area contributed by atoms with Crippen molar-refractivity contribution >= 4 is 12.0 Å². The predicted octanol–water partition coefficient (Wildman–Crippen LogP) is 2.17. The quantitative estimate of drug-likeness (QED) is 0.880. The Morgan fingerprint density at radius 3 is 2.76 bits per heavy atom. The fourth-order valence-corrected chi connectivity index (χ4v) is 2.90. The summed E-state index contributed by atoms with van der Waals surface area (Å²) in [6.07, 6.45) is 1.80. The zero-order valence-electron chi connectivity index (χ0n) is 13.9. The molecule has 8 nitrogen and oxygen atoms in total. The molecule has 2 amide bonds. The first-order valence-corrected chi connectivity index (χ1v) is 8.18. The second-order valence-corrected chi connectivity index (χ2v) is 6.13. The third-order valence-corrected chi connectivity index (χ3v) is 4.25. The number of urea groups is 1. The van der Waals surface area contributed by atoms with Gasteiger partial charge in [-0.25, -0.2) is 9.59 Å². The highest BCUT2D eigenvalue weighted by molar-refractivity contribution is 5.87. The molecular formula is C17H20N4O4. The zero-order chi connectivity index (χ0) is 17.8. The normalized spacial score (nSPS) is 17.3. The summed E-state index contributed by atoms with van der Waals surface area (Å²) in [5.41, 5.74) is 1.07. The maximum Gasteiger partial charge on any atom is 0.335 e. The fraction of sp³-hybridized carbons (Fsp3) is 0.412. The molecule has 1 aromatic heterocycles. The van der Waals surface area contributed by atoms with Crippen LogP contribution in [0.4, 0.5) is 4.79 Å². The van der Waals surface area contributed by atoms with Gasteiger partial charge in [0.1, 0.15) is 0 Å². The number of carbonyl (C=O) groups is 2. The number of hydrogen-bond acceptors (Lipinski definition) is 5. The molecule has 1 aliphatic rings. The average molecular weight is 344 g/mol. The van der Waals surface area contributed by atoms with Gasteiger partial charge >= 0.3 is 12.0 Å². The molecule has 0 spiro atoms. The number of aromatic nitrogens is 2. The van der Waals surface area contributed by atoms with Crippen molar-refractivity contribution in [2.75, 3.05) is 13.1 Å². The van der Waals surface area contributed by atoms with Crippen LogP contribution in [0.1, 0.15) is 46.4 Å². The van der Waals surface area contributed by atoms with Crippen LogP contribution in [0, 0.1) is 6.92 Å². The van der Waals surface area contributed by atoms with E-state index in [0.717, 1.165) is 18.4 Å². The van der Waals surface area contributed by atoms with Crippen LogP contribution in [-0.4, -0.2) is 45.2 Å². The van der Waals surface area contributed by atoms with E-state index >= 15 is 0 Å². The minimum absolute atomic E-state index is 0.0653. The number of amides is 2. The molecule has 8 heteroatoms. The number of benzene rings is 1. The van der Waals surface area contributed by atoms with E-state index in [1.165, 1.54) is 12.1 Å². The minimum Gasteiger partial charge on any atom is -0.478 e. The maximum absolute atomic E-state index is 12.4. The topological polar surface area (TPSA) is 109 Å². The lowest BCUT2D eigenvalue weighted by atomic mass is 9.98. The molecule has 0 bridgehead atoms. The van der Waals surface area contributed by atoms with Gasteiger partial charge < -0.3 is 19.8 Å². The lowest BCUT2D eigenvalue weighted by molar-refractivity contribution is 0.0697. The van der Waals surface area contributed by atoms with Crippen LogP contribution in [0.15, 0.2) is 28.8 Å². The molecule has 3 rings (SSSR count). The van der Waals surface area contributed by atoms with E-state index in [4.69, 9.17) is 9.63 Å². The number of aromatic carboxylic acids is 1. The Morgan fingerprint density at radius 1 is 1.36 bits per heavy atom. The second kappa shape index (κ2) is 7.33. The largest absolute Gasteiger partial charge is 0.478 e. The van der Waals surface area contributed by atoms with Crippen LogP contribution in [0.25, 0.3) is 0 Å². The number of rotatable bonds is 4. The number of likely N-dealkylation sites (tertiary alicyclic amines) is 1. The van der Waals surface area contributed by atoms with E-state index in [1.54, 1.807) is 24.0 Å². The Labute approximate surface area is 144 Å². The highest BCUT2D eigenvalue weighted by atomic mass is 16.5. The van der Waals surface area contributed by atoms with E-state index in [1.807, 2.05) is 0 Å². The molecule has 25 heavy (non-hydrogen) atoms. The summed E-state index contributed by atoms with van der Waals surface area (Å²) >= 11 is 0. The number of aryl methyl sites for hydroxylation is 1. The summed E-state index contributed by atoms with van der Waals surface area (Å²) in [4.78, 5) is 29.2. The zero-order valence-corrected chi connectivity index (χ0v) is 13.9. The van der Waals surface area contributed by atoms with Crippen molar-refractivity contribution in [2.24, 2.45) is 0 Å². The van der Waals surface area contributed by atoms with Gasteiger partial charge in [-0.2, -0.15) is 4.98 Å². The Hall–Kier alpha value is -2.90. The van der Waals surface area contributed by atoms with Crippen molar-refractivity contribution in [2.45, 2.75) is 32.2 Å². The molecule has 1 fully saturated rings. The standard InChI is InChI=1S/C17H20N4O4/c1-11-19-15(25-20-11)14-3-2-8-21(10-14)17(24)18-9-12-4-6-13(7-5-12)16(22)23/h4-7,14H,2-3,8-10H2,1H3,(H,18,24)(H,22,23). The molecule has 0 radical (unpaired) electrons. The molecule has 1 atom stereocenters. The molecule has 1 aromatic carbocycles. The first-order chi connectivity index (χ1) is 12.0. The average Bonchev–Trinajstić information content (AvgIpc) is 3.06. The molecule has 132 valence electrons.